The molecule has 7 nitrogen and oxygen atoms in total. The lowest BCUT2D eigenvalue weighted by Crippen LogP contribution is -2.48. The van der Waals surface area contributed by atoms with Crippen LogP contribution < -0.4 is 5.32 Å². The van der Waals surface area contributed by atoms with Crippen LogP contribution in [0.2, 0.25) is 0 Å². The third-order valence-corrected chi connectivity index (χ3v) is 5.49. The average molecular weight is 354 g/mol. The fraction of sp³-hybridized carbons (Fsp3) is 0.500. The molecule has 1 fully saturated rings. The number of piperidine rings is 1. The zero-order chi connectivity index (χ0) is 17.7. The van der Waals surface area contributed by atoms with Crippen LogP contribution in [0.5, 0.6) is 0 Å². The van der Waals surface area contributed by atoms with Crippen molar-refractivity contribution in [2.75, 3.05) is 19.3 Å². The number of hydrogen-bond donors (Lipinski definition) is 2. The number of hydrogen-bond acceptors (Lipinski definition) is 4. The first-order chi connectivity index (χ1) is 11.3. The number of nitrogens with zero attached hydrogens (tertiary/aromatic N) is 1. The first-order valence-electron chi connectivity index (χ1n) is 7.79. The van der Waals surface area contributed by atoms with Crippen LogP contribution in [0.25, 0.3) is 0 Å². The van der Waals surface area contributed by atoms with E-state index in [9.17, 15) is 23.1 Å². The number of nitrogens with one attached hydrogen (secondary N) is 1. The molecule has 1 aromatic rings. The number of carbonyl (C=O) groups excluding carboxylic acids is 1. The van der Waals surface area contributed by atoms with E-state index in [2.05, 4.69) is 5.32 Å². The van der Waals surface area contributed by atoms with Crippen LogP contribution >= 0.6 is 0 Å². The van der Waals surface area contributed by atoms with Gasteiger partial charge in [0.15, 0.2) is 0 Å². The van der Waals surface area contributed by atoms with Gasteiger partial charge in [-0.15, -0.1) is 0 Å². The van der Waals surface area contributed by atoms with Gasteiger partial charge in [-0.1, -0.05) is 30.3 Å². The van der Waals surface area contributed by atoms with Gasteiger partial charge in [0.25, 0.3) is 0 Å². The summed E-state index contributed by atoms with van der Waals surface area (Å²) in [5.74, 6) is -1.77. The molecule has 2 N–H and O–H groups in total. The van der Waals surface area contributed by atoms with Gasteiger partial charge in [0.2, 0.25) is 15.9 Å². The molecular formula is C16H22N2O5S. The van der Waals surface area contributed by atoms with Crippen molar-refractivity contribution >= 4 is 21.9 Å². The molecule has 0 bridgehead atoms. The third kappa shape index (κ3) is 5.04. The van der Waals surface area contributed by atoms with E-state index in [1.54, 1.807) is 0 Å². The zero-order valence-electron chi connectivity index (χ0n) is 13.5. The topological polar surface area (TPSA) is 104 Å². The zero-order valence-corrected chi connectivity index (χ0v) is 14.3. The summed E-state index contributed by atoms with van der Waals surface area (Å²) in [7, 11) is -3.24. The molecule has 1 atom stereocenters. The summed E-state index contributed by atoms with van der Waals surface area (Å²) in [5.41, 5.74) is 0.831. The first-order valence-corrected chi connectivity index (χ1v) is 9.64. The minimum Gasteiger partial charge on any atom is -0.480 e. The molecule has 1 aromatic carbocycles. The maximum absolute atomic E-state index is 12.3. The quantitative estimate of drug-likeness (QED) is 0.773. The Kier molecular flexibility index (Phi) is 5.95. The highest BCUT2D eigenvalue weighted by molar-refractivity contribution is 7.88. The SMILES string of the molecule is CS(=O)(=O)N1CCC(C(=O)N[C@H](Cc2ccccc2)C(=O)O)CC1. The van der Waals surface area contributed by atoms with Crippen LogP contribution in [-0.4, -0.2) is 55.1 Å². The number of carboxylic acid groups (broad SMARTS) is 1. The summed E-state index contributed by atoms with van der Waals surface area (Å²) in [6.45, 7) is 0.570. The Morgan fingerprint density at radius 2 is 1.83 bits per heavy atom. The van der Waals surface area contributed by atoms with E-state index in [-0.39, 0.29) is 31.3 Å². The minimum atomic E-state index is -3.24. The van der Waals surface area contributed by atoms with E-state index in [4.69, 9.17) is 0 Å². The Hall–Kier alpha value is -1.93. The summed E-state index contributed by atoms with van der Waals surface area (Å²) in [5, 5.41) is 11.9. The van der Waals surface area contributed by atoms with E-state index in [0.29, 0.717) is 12.8 Å². The maximum Gasteiger partial charge on any atom is 0.326 e. The Bertz CT molecular complexity index is 682. The second kappa shape index (κ2) is 7.76. The Morgan fingerprint density at radius 1 is 1.25 bits per heavy atom. The molecule has 2 rings (SSSR count). The van der Waals surface area contributed by atoms with Crippen molar-refractivity contribution < 1.29 is 23.1 Å². The summed E-state index contributed by atoms with van der Waals surface area (Å²) in [6.07, 6.45) is 2.16. The molecule has 1 amide bonds. The summed E-state index contributed by atoms with van der Waals surface area (Å²) < 4.78 is 24.3. The average Bonchev–Trinajstić information content (AvgIpc) is 2.54. The fourth-order valence-corrected chi connectivity index (χ4v) is 3.66. The highest BCUT2D eigenvalue weighted by Gasteiger charge is 2.31. The summed E-state index contributed by atoms with van der Waals surface area (Å²) in [6, 6.07) is 8.11. The Balaban J connectivity index is 1.93. The Morgan fingerprint density at radius 3 is 2.33 bits per heavy atom. The van der Waals surface area contributed by atoms with Gasteiger partial charge >= 0.3 is 5.97 Å². The minimum absolute atomic E-state index is 0.212. The Labute approximate surface area is 141 Å². The second-order valence-electron chi connectivity index (χ2n) is 6.03. The molecular weight excluding hydrogens is 332 g/mol. The molecule has 1 aliphatic rings. The van der Waals surface area contributed by atoms with Crippen LogP contribution in [0.15, 0.2) is 30.3 Å². The molecule has 1 aliphatic heterocycles. The first kappa shape index (κ1) is 18.4. The number of benzene rings is 1. The molecule has 0 saturated carbocycles. The number of aliphatic carboxylic acids is 1. The predicted octanol–water partition coefficient (Wildman–Crippen LogP) is 0.470. The molecule has 24 heavy (non-hydrogen) atoms. The highest BCUT2D eigenvalue weighted by atomic mass is 32.2. The predicted molar refractivity (Wildman–Crippen MR) is 88.9 cm³/mol. The van der Waals surface area contributed by atoms with Crippen LogP contribution in [0.4, 0.5) is 0 Å². The normalized spacial score (nSPS) is 18.0. The highest BCUT2D eigenvalue weighted by Crippen LogP contribution is 2.19. The summed E-state index contributed by atoms with van der Waals surface area (Å²) >= 11 is 0. The van der Waals surface area contributed by atoms with Crippen molar-refractivity contribution in [2.24, 2.45) is 5.92 Å². The van der Waals surface area contributed by atoms with Crippen molar-refractivity contribution in [3.8, 4) is 0 Å². The van der Waals surface area contributed by atoms with Crippen molar-refractivity contribution in [1.29, 1.82) is 0 Å². The van der Waals surface area contributed by atoms with Gasteiger partial charge in [0.05, 0.1) is 6.26 Å². The maximum atomic E-state index is 12.3. The van der Waals surface area contributed by atoms with Crippen molar-refractivity contribution in [2.45, 2.75) is 25.3 Å². The standard InChI is InChI=1S/C16H22N2O5S/c1-24(22,23)18-9-7-13(8-10-18)15(19)17-14(16(20)21)11-12-5-3-2-4-6-12/h2-6,13-14H,7-11H2,1H3,(H,17,19)(H,20,21)/t14-/m1/s1. The molecule has 1 heterocycles. The van der Waals surface area contributed by atoms with Crippen molar-refractivity contribution in [1.82, 2.24) is 9.62 Å². The number of amides is 1. The smallest absolute Gasteiger partial charge is 0.326 e. The van der Waals surface area contributed by atoms with Gasteiger partial charge in [-0.2, -0.15) is 0 Å². The largest absolute Gasteiger partial charge is 0.480 e. The monoisotopic (exact) mass is 354 g/mol. The van der Waals surface area contributed by atoms with Gasteiger partial charge < -0.3 is 10.4 Å². The van der Waals surface area contributed by atoms with Gasteiger partial charge in [0.1, 0.15) is 6.04 Å². The molecule has 132 valence electrons. The number of carboxylic acids is 1. The van der Waals surface area contributed by atoms with Crippen LogP contribution in [-0.2, 0) is 26.0 Å². The molecule has 0 radical (unpaired) electrons. The van der Waals surface area contributed by atoms with E-state index in [1.165, 1.54) is 4.31 Å². The molecule has 0 aromatic heterocycles. The number of carbonyl (C=O) groups is 2. The molecule has 1 saturated heterocycles. The molecule has 0 aliphatic carbocycles. The van der Waals surface area contributed by atoms with E-state index >= 15 is 0 Å². The number of sulfonamides is 1. The van der Waals surface area contributed by atoms with Gasteiger partial charge in [-0.3, -0.25) is 4.79 Å². The molecule has 0 unspecified atom stereocenters. The third-order valence-electron chi connectivity index (χ3n) is 4.19. The molecule has 8 heteroatoms. The lowest BCUT2D eigenvalue weighted by molar-refractivity contribution is -0.142. The second-order valence-corrected chi connectivity index (χ2v) is 8.01. The fourth-order valence-electron chi connectivity index (χ4n) is 2.79. The van der Waals surface area contributed by atoms with Gasteiger partial charge in [-0.25, -0.2) is 17.5 Å². The van der Waals surface area contributed by atoms with E-state index in [0.717, 1.165) is 11.8 Å². The van der Waals surface area contributed by atoms with Crippen molar-refractivity contribution in [3.05, 3.63) is 35.9 Å². The van der Waals surface area contributed by atoms with E-state index in [1.807, 2.05) is 30.3 Å². The van der Waals surface area contributed by atoms with E-state index < -0.39 is 22.0 Å². The van der Waals surface area contributed by atoms with Crippen LogP contribution in [0, 0.1) is 5.92 Å². The van der Waals surface area contributed by atoms with Crippen LogP contribution in [0.1, 0.15) is 18.4 Å². The number of rotatable bonds is 6. The summed E-state index contributed by atoms with van der Waals surface area (Å²) in [4.78, 5) is 23.7. The molecule has 0 spiro atoms. The van der Waals surface area contributed by atoms with Crippen molar-refractivity contribution in [3.63, 3.8) is 0 Å². The van der Waals surface area contributed by atoms with Gasteiger partial charge in [-0.05, 0) is 18.4 Å². The lowest BCUT2D eigenvalue weighted by atomic mass is 9.96. The lowest BCUT2D eigenvalue weighted by Gasteiger charge is -2.30. The van der Waals surface area contributed by atoms with Crippen LogP contribution in [0.3, 0.4) is 0 Å². The van der Waals surface area contributed by atoms with Gasteiger partial charge in [0, 0.05) is 25.4 Å².